The van der Waals surface area contributed by atoms with Crippen LogP contribution < -0.4 is 14.5 Å². The zero-order valence-electron chi connectivity index (χ0n) is 14.5. The first-order chi connectivity index (χ1) is 12.1. The minimum Gasteiger partial charge on any atom is -0.487 e. The van der Waals surface area contributed by atoms with E-state index < -0.39 is 0 Å². The highest BCUT2D eigenvalue weighted by atomic mass is 16.6. The summed E-state index contributed by atoms with van der Waals surface area (Å²) < 4.78 is 5.89. The standard InChI is InChI=1S/C19H23N3O3/c1-16-4-2-3-5-19(16)25-15-14-20-10-12-21(13-11-20)17-6-8-18(9-7-17)22(23)24/h2-9H,10-15H2,1H3/p+1. The molecule has 1 aliphatic rings. The number of para-hydroxylation sites is 1. The normalized spacial score (nSPS) is 15.2. The van der Waals surface area contributed by atoms with Gasteiger partial charge in [0.25, 0.3) is 5.69 Å². The maximum Gasteiger partial charge on any atom is 0.269 e. The minimum atomic E-state index is -0.361. The Kier molecular flexibility index (Phi) is 5.50. The van der Waals surface area contributed by atoms with Gasteiger partial charge in [-0.1, -0.05) is 18.2 Å². The molecule has 6 nitrogen and oxygen atoms in total. The van der Waals surface area contributed by atoms with Crippen LogP contribution in [0.25, 0.3) is 0 Å². The molecule has 0 saturated carbocycles. The number of piperazine rings is 1. The van der Waals surface area contributed by atoms with Gasteiger partial charge in [0, 0.05) is 17.8 Å². The van der Waals surface area contributed by atoms with Crippen molar-refractivity contribution in [1.82, 2.24) is 0 Å². The summed E-state index contributed by atoms with van der Waals surface area (Å²) in [7, 11) is 0. The summed E-state index contributed by atoms with van der Waals surface area (Å²) in [5.74, 6) is 0.964. The zero-order chi connectivity index (χ0) is 17.6. The molecule has 6 heteroatoms. The minimum absolute atomic E-state index is 0.140. The van der Waals surface area contributed by atoms with Crippen molar-refractivity contribution in [3.05, 3.63) is 64.2 Å². The second-order valence-electron chi connectivity index (χ2n) is 6.37. The second kappa shape index (κ2) is 7.98. The molecule has 0 atom stereocenters. The van der Waals surface area contributed by atoms with Crippen LogP contribution in [0.4, 0.5) is 11.4 Å². The van der Waals surface area contributed by atoms with Crippen LogP contribution >= 0.6 is 0 Å². The van der Waals surface area contributed by atoms with Crippen LogP contribution in [0.2, 0.25) is 0 Å². The highest BCUT2D eigenvalue weighted by Crippen LogP contribution is 2.19. The Morgan fingerprint density at radius 2 is 1.80 bits per heavy atom. The molecule has 2 aromatic rings. The molecule has 132 valence electrons. The predicted molar refractivity (Wildman–Crippen MR) is 97.5 cm³/mol. The largest absolute Gasteiger partial charge is 0.487 e. The van der Waals surface area contributed by atoms with Crippen LogP contribution in [0, 0.1) is 17.0 Å². The number of nitro groups is 1. The Morgan fingerprint density at radius 1 is 1.12 bits per heavy atom. The van der Waals surface area contributed by atoms with Gasteiger partial charge >= 0.3 is 0 Å². The van der Waals surface area contributed by atoms with Gasteiger partial charge in [0.15, 0.2) is 0 Å². The number of non-ortho nitro benzene ring substituents is 1. The monoisotopic (exact) mass is 342 g/mol. The smallest absolute Gasteiger partial charge is 0.269 e. The molecule has 0 bridgehead atoms. The fraction of sp³-hybridized carbons (Fsp3) is 0.368. The number of anilines is 1. The SMILES string of the molecule is Cc1ccccc1OCC[NH+]1CCN(c2ccc([N+](=O)[O-])cc2)CC1. The molecule has 1 saturated heterocycles. The zero-order valence-corrected chi connectivity index (χ0v) is 14.5. The van der Waals surface area contributed by atoms with Crippen molar-refractivity contribution in [3.8, 4) is 5.75 Å². The van der Waals surface area contributed by atoms with Crippen LogP contribution in [0.3, 0.4) is 0 Å². The van der Waals surface area contributed by atoms with Crippen molar-refractivity contribution in [2.24, 2.45) is 0 Å². The summed E-state index contributed by atoms with van der Waals surface area (Å²) in [5, 5.41) is 10.7. The number of hydrogen-bond donors (Lipinski definition) is 1. The molecule has 1 N–H and O–H groups in total. The van der Waals surface area contributed by atoms with E-state index in [2.05, 4.69) is 17.9 Å². The van der Waals surface area contributed by atoms with Gasteiger partial charge in [0.1, 0.15) is 18.9 Å². The fourth-order valence-corrected chi connectivity index (χ4v) is 3.14. The molecule has 0 aromatic heterocycles. The van der Waals surface area contributed by atoms with Crippen molar-refractivity contribution in [2.45, 2.75) is 6.92 Å². The van der Waals surface area contributed by atoms with Crippen molar-refractivity contribution in [3.63, 3.8) is 0 Å². The third-order valence-corrected chi connectivity index (χ3v) is 4.70. The number of benzene rings is 2. The van der Waals surface area contributed by atoms with Gasteiger partial charge < -0.3 is 14.5 Å². The van der Waals surface area contributed by atoms with E-state index in [4.69, 9.17) is 4.74 Å². The summed E-state index contributed by atoms with van der Waals surface area (Å²) >= 11 is 0. The van der Waals surface area contributed by atoms with Crippen LogP contribution in [-0.4, -0.2) is 44.3 Å². The van der Waals surface area contributed by atoms with Crippen molar-refractivity contribution < 1.29 is 14.6 Å². The molecule has 0 radical (unpaired) electrons. The summed E-state index contributed by atoms with van der Waals surface area (Å²) in [6.45, 7) is 7.78. The molecule has 1 aliphatic heterocycles. The number of aryl methyl sites for hydroxylation is 1. The number of hydrogen-bond acceptors (Lipinski definition) is 4. The number of quaternary nitrogens is 1. The third-order valence-electron chi connectivity index (χ3n) is 4.70. The van der Waals surface area contributed by atoms with Gasteiger partial charge in [-0.15, -0.1) is 0 Å². The number of nitrogens with one attached hydrogen (secondary N) is 1. The molecule has 0 aliphatic carbocycles. The maximum absolute atomic E-state index is 10.7. The molecule has 25 heavy (non-hydrogen) atoms. The lowest BCUT2D eigenvalue weighted by molar-refractivity contribution is -0.900. The van der Waals surface area contributed by atoms with E-state index in [-0.39, 0.29) is 10.6 Å². The maximum atomic E-state index is 10.7. The first kappa shape index (κ1) is 17.2. The Labute approximate surface area is 147 Å². The average molecular weight is 342 g/mol. The highest BCUT2D eigenvalue weighted by Gasteiger charge is 2.20. The van der Waals surface area contributed by atoms with Crippen LogP contribution in [0.1, 0.15) is 5.56 Å². The van der Waals surface area contributed by atoms with Gasteiger partial charge in [0.2, 0.25) is 0 Å². The summed E-state index contributed by atoms with van der Waals surface area (Å²) in [6, 6.07) is 14.9. The lowest BCUT2D eigenvalue weighted by atomic mass is 10.2. The van der Waals surface area contributed by atoms with Crippen LogP contribution in [0.15, 0.2) is 48.5 Å². The quantitative estimate of drug-likeness (QED) is 0.641. The molecule has 1 heterocycles. The predicted octanol–water partition coefficient (Wildman–Crippen LogP) is 1.69. The number of nitrogens with zero attached hydrogens (tertiary/aromatic N) is 2. The van der Waals surface area contributed by atoms with E-state index in [1.165, 1.54) is 10.5 Å². The molecule has 0 amide bonds. The summed E-state index contributed by atoms with van der Waals surface area (Å²) in [4.78, 5) is 14.2. The molecule has 0 unspecified atom stereocenters. The van der Waals surface area contributed by atoms with Crippen LogP contribution in [-0.2, 0) is 0 Å². The lowest BCUT2D eigenvalue weighted by Crippen LogP contribution is -3.15. The molecule has 2 aromatic carbocycles. The van der Waals surface area contributed by atoms with E-state index >= 15 is 0 Å². The van der Waals surface area contributed by atoms with Gasteiger partial charge in [-0.2, -0.15) is 0 Å². The van der Waals surface area contributed by atoms with Crippen molar-refractivity contribution in [2.75, 3.05) is 44.2 Å². The van der Waals surface area contributed by atoms with E-state index in [0.717, 1.165) is 50.8 Å². The Bertz CT molecular complexity index is 710. The first-order valence-corrected chi connectivity index (χ1v) is 8.65. The molecular weight excluding hydrogens is 318 g/mol. The van der Waals surface area contributed by atoms with Crippen LogP contribution in [0.5, 0.6) is 5.75 Å². The fourth-order valence-electron chi connectivity index (χ4n) is 3.14. The highest BCUT2D eigenvalue weighted by molar-refractivity contribution is 5.51. The van der Waals surface area contributed by atoms with Gasteiger partial charge in [-0.3, -0.25) is 10.1 Å². The Hall–Kier alpha value is -2.60. The van der Waals surface area contributed by atoms with E-state index in [1.54, 1.807) is 12.1 Å². The summed E-state index contributed by atoms with van der Waals surface area (Å²) in [6.07, 6.45) is 0. The van der Waals surface area contributed by atoms with E-state index in [1.807, 2.05) is 30.3 Å². The topological polar surface area (TPSA) is 60.0 Å². The number of nitro benzene ring substituents is 1. The number of ether oxygens (including phenoxy) is 1. The van der Waals surface area contributed by atoms with Gasteiger partial charge in [0.05, 0.1) is 31.1 Å². The van der Waals surface area contributed by atoms with Crippen molar-refractivity contribution in [1.29, 1.82) is 0 Å². The molecule has 3 rings (SSSR count). The van der Waals surface area contributed by atoms with Crippen molar-refractivity contribution >= 4 is 11.4 Å². The second-order valence-corrected chi connectivity index (χ2v) is 6.37. The molecule has 0 spiro atoms. The average Bonchev–Trinajstić information content (AvgIpc) is 2.64. The third kappa shape index (κ3) is 4.48. The van der Waals surface area contributed by atoms with Gasteiger partial charge in [-0.25, -0.2) is 0 Å². The van der Waals surface area contributed by atoms with E-state index in [9.17, 15) is 10.1 Å². The van der Waals surface area contributed by atoms with Gasteiger partial charge in [-0.05, 0) is 30.7 Å². The first-order valence-electron chi connectivity index (χ1n) is 8.65. The van der Waals surface area contributed by atoms with E-state index in [0.29, 0.717) is 0 Å². The molecular formula is C19H24N3O3+. The lowest BCUT2D eigenvalue weighted by Gasteiger charge is -2.33. The summed E-state index contributed by atoms with van der Waals surface area (Å²) in [5.41, 5.74) is 2.36. The number of rotatable bonds is 6. The Morgan fingerprint density at radius 3 is 2.44 bits per heavy atom. The molecule has 1 fully saturated rings. The Balaban J connectivity index is 1.44.